The van der Waals surface area contributed by atoms with Gasteiger partial charge in [-0.05, 0) is 43.2 Å². The van der Waals surface area contributed by atoms with Gasteiger partial charge in [-0.2, -0.15) is 0 Å². The van der Waals surface area contributed by atoms with Gasteiger partial charge < -0.3 is 10.6 Å². The summed E-state index contributed by atoms with van der Waals surface area (Å²) < 4.78 is 0. The maximum Gasteiger partial charge on any atom is 0.257 e. The lowest BCUT2D eigenvalue weighted by Gasteiger charge is -2.09. The highest BCUT2D eigenvalue weighted by molar-refractivity contribution is 6.34. The molecule has 0 heterocycles. The summed E-state index contributed by atoms with van der Waals surface area (Å²) in [6, 6.07) is 13.9. The second-order valence-electron chi connectivity index (χ2n) is 5.28. The average Bonchev–Trinajstić information content (AvgIpc) is 3.32. The lowest BCUT2D eigenvalue weighted by Crippen LogP contribution is -2.15. The first-order chi connectivity index (χ1) is 10.6. The second-order valence-corrected chi connectivity index (χ2v) is 5.69. The molecular formula is C17H15ClN2O2. The zero-order valence-electron chi connectivity index (χ0n) is 11.8. The first-order valence-corrected chi connectivity index (χ1v) is 7.48. The summed E-state index contributed by atoms with van der Waals surface area (Å²) in [5, 5.41) is 6.04. The summed E-state index contributed by atoms with van der Waals surface area (Å²) in [7, 11) is 0. The van der Waals surface area contributed by atoms with Gasteiger partial charge in [0.15, 0.2) is 0 Å². The zero-order valence-corrected chi connectivity index (χ0v) is 12.6. The lowest BCUT2D eigenvalue weighted by molar-refractivity contribution is -0.117. The standard InChI is InChI=1S/C17H15ClN2O2/c18-15-7-2-1-6-14(15)17(22)20-13-5-3-4-12(10-13)19-16(21)11-8-9-11/h1-7,10-11H,8-9H2,(H,19,21)(H,20,22). The molecule has 0 atom stereocenters. The van der Waals surface area contributed by atoms with Crippen molar-refractivity contribution in [2.24, 2.45) is 5.92 Å². The largest absolute Gasteiger partial charge is 0.326 e. The Labute approximate surface area is 133 Å². The normalized spacial score (nSPS) is 13.5. The Kier molecular flexibility index (Phi) is 4.11. The van der Waals surface area contributed by atoms with E-state index in [4.69, 9.17) is 11.6 Å². The molecular weight excluding hydrogens is 300 g/mol. The highest BCUT2D eigenvalue weighted by Gasteiger charge is 2.29. The van der Waals surface area contributed by atoms with E-state index >= 15 is 0 Å². The summed E-state index contributed by atoms with van der Waals surface area (Å²) in [5.41, 5.74) is 1.70. The molecule has 0 spiro atoms. The Bertz CT molecular complexity index is 726. The van der Waals surface area contributed by atoms with Crippen molar-refractivity contribution in [1.82, 2.24) is 0 Å². The fraction of sp³-hybridized carbons (Fsp3) is 0.176. The van der Waals surface area contributed by atoms with Crippen molar-refractivity contribution < 1.29 is 9.59 Å². The average molecular weight is 315 g/mol. The molecule has 5 heteroatoms. The van der Waals surface area contributed by atoms with E-state index in [2.05, 4.69) is 10.6 Å². The van der Waals surface area contributed by atoms with Crippen LogP contribution < -0.4 is 10.6 Å². The van der Waals surface area contributed by atoms with Crippen LogP contribution in [0.3, 0.4) is 0 Å². The lowest BCUT2D eigenvalue weighted by atomic mass is 10.2. The van der Waals surface area contributed by atoms with Crippen LogP contribution in [0.15, 0.2) is 48.5 Å². The molecule has 2 aromatic rings. The Balaban J connectivity index is 1.71. The van der Waals surface area contributed by atoms with E-state index < -0.39 is 0 Å². The summed E-state index contributed by atoms with van der Waals surface area (Å²) in [6.07, 6.45) is 1.91. The van der Waals surface area contributed by atoms with E-state index in [-0.39, 0.29) is 17.7 Å². The highest BCUT2D eigenvalue weighted by atomic mass is 35.5. The third-order valence-electron chi connectivity index (χ3n) is 3.45. The number of amides is 2. The summed E-state index contributed by atoms with van der Waals surface area (Å²) in [4.78, 5) is 24.0. The molecule has 3 rings (SSSR count). The van der Waals surface area contributed by atoms with Gasteiger partial charge in [-0.3, -0.25) is 9.59 Å². The third kappa shape index (κ3) is 3.46. The van der Waals surface area contributed by atoms with Crippen molar-refractivity contribution >= 4 is 34.8 Å². The maximum absolute atomic E-state index is 12.2. The summed E-state index contributed by atoms with van der Waals surface area (Å²) in [6.45, 7) is 0. The molecule has 1 fully saturated rings. The van der Waals surface area contributed by atoms with Crippen LogP contribution in [0.1, 0.15) is 23.2 Å². The Morgan fingerprint density at radius 2 is 1.64 bits per heavy atom. The zero-order chi connectivity index (χ0) is 15.5. The van der Waals surface area contributed by atoms with Gasteiger partial charge in [0.2, 0.25) is 5.91 Å². The molecule has 2 aromatic carbocycles. The fourth-order valence-corrected chi connectivity index (χ4v) is 2.33. The van der Waals surface area contributed by atoms with E-state index in [0.29, 0.717) is 22.0 Å². The minimum Gasteiger partial charge on any atom is -0.326 e. The van der Waals surface area contributed by atoms with E-state index in [1.807, 2.05) is 0 Å². The SMILES string of the molecule is O=C(Nc1cccc(NC(=O)C2CC2)c1)c1ccccc1Cl. The molecule has 2 amide bonds. The molecule has 0 aliphatic heterocycles. The summed E-state index contributed by atoms with van der Waals surface area (Å²) >= 11 is 6.01. The molecule has 1 saturated carbocycles. The van der Waals surface area contributed by atoms with Gasteiger partial charge in [-0.25, -0.2) is 0 Å². The third-order valence-corrected chi connectivity index (χ3v) is 3.78. The van der Waals surface area contributed by atoms with Gasteiger partial charge in [0.05, 0.1) is 10.6 Å². The van der Waals surface area contributed by atoms with Gasteiger partial charge >= 0.3 is 0 Å². The molecule has 22 heavy (non-hydrogen) atoms. The minimum absolute atomic E-state index is 0.0366. The molecule has 2 N–H and O–H groups in total. The van der Waals surface area contributed by atoms with Crippen molar-refractivity contribution in [3.63, 3.8) is 0 Å². The summed E-state index contributed by atoms with van der Waals surface area (Å²) in [5.74, 6) is -0.104. The van der Waals surface area contributed by atoms with Crippen LogP contribution in [0, 0.1) is 5.92 Å². The topological polar surface area (TPSA) is 58.2 Å². The van der Waals surface area contributed by atoms with Crippen molar-refractivity contribution in [2.45, 2.75) is 12.8 Å². The molecule has 4 nitrogen and oxygen atoms in total. The van der Waals surface area contributed by atoms with Crippen LogP contribution in [-0.4, -0.2) is 11.8 Å². The first kappa shape index (κ1) is 14.6. The predicted octanol–water partition coefficient (Wildman–Crippen LogP) is 3.94. The number of nitrogens with one attached hydrogen (secondary N) is 2. The van der Waals surface area contributed by atoms with E-state index in [1.165, 1.54) is 0 Å². The molecule has 0 saturated heterocycles. The van der Waals surface area contributed by atoms with Gasteiger partial charge in [-0.1, -0.05) is 29.8 Å². The van der Waals surface area contributed by atoms with Crippen molar-refractivity contribution in [3.8, 4) is 0 Å². The molecule has 0 aromatic heterocycles. The molecule has 1 aliphatic carbocycles. The second kappa shape index (κ2) is 6.20. The minimum atomic E-state index is -0.281. The maximum atomic E-state index is 12.2. The van der Waals surface area contributed by atoms with E-state index in [9.17, 15) is 9.59 Å². The number of hydrogen-bond donors (Lipinski definition) is 2. The number of halogens is 1. The number of rotatable bonds is 4. The van der Waals surface area contributed by atoms with Gasteiger partial charge in [-0.15, -0.1) is 0 Å². The van der Waals surface area contributed by atoms with Crippen LogP contribution in [0.25, 0.3) is 0 Å². The number of carbonyl (C=O) groups excluding carboxylic acids is 2. The Hall–Kier alpha value is -2.33. The molecule has 0 bridgehead atoms. The van der Waals surface area contributed by atoms with Crippen LogP contribution in [0.2, 0.25) is 5.02 Å². The van der Waals surface area contributed by atoms with Crippen LogP contribution in [0.4, 0.5) is 11.4 Å². The van der Waals surface area contributed by atoms with Crippen molar-refractivity contribution in [1.29, 1.82) is 0 Å². The fourth-order valence-electron chi connectivity index (χ4n) is 2.11. The number of benzene rings is 2. The van der Waals surface area contributed by atoms with Crippen LogP contribution in [0.5, 0.6) is 0 Å². The van der Waals surface area contributed by atoms with Gasteiger partial charge in [0, 0.05) is 17.3 Å². The number of hydrogen-bond acceptors (Lipinski definition) is 2. The smallest absolute Gasteiger partial charge is 0.257 e. The first-order valence-electron chi connectivity index (χ1n) is 7.10. The quantitative estimate of drug-likeness (QED) is 0.898. The van der Waals surface area contributed by atoms with Gasteiger partial charge in [0.25, 0.3) is 5.91 Å². The van der Waals surface area contributed by atoms with Crippen LogP contribution >= 0.6 is 11.6 Å². The number of anilines is 2. The highest BCUT2D eigenvalue weighted by Crippen LogP contribution is 2.30. The van der Waals surface area contributed by atoms with E-state index in [0.717, 1.165) is 12.8 Å². The Morgan fingerprint density at radius 3 is 2.32 bits per heavy atom. The van der Waals surface area contributed by atoms with Crippen molar-refractivity contribution in [3.05, 3.63) is 59.1 Å². The monoisotopic (exact) mass is 314 g/mol. The molecule has 0 radical (unpaired) electrons. The number of carbonyl (C=O) groups is 2. The van der Waals surface area contributed by atoms with Crippen molar-refractivity contribution in [2.75, 3.05) is 10.6 Å². The Morgan fingerprint density at radius 1 is 0.955 bits per heavy atom. The van der Waals surface area contributed by atoms with Gasteiger partial charge in [0.1, 0.15) is 0 Å². The van der Waals surface area contributed by atoms with E-state index in [1.54, 1.807) is 48.5 Å². The predicted molar refractivity (Wildman–Crippen MR) is 87.2 cm³/mol. The molecule has 112 valence electrons. The molecule has 1 aliphatic rings. The van der Waals surface area contributed by atoms with Crippen LogP contribution in [-0.2, 0) is 4.79 Å². The molecule has 0 unspecified atom stereocenters.